The minimum Gasteiger partial charge on any atom is -0.302 e. The molecule has 19 heavy (non-hydrogen) atoms. The maximum absolute atomic E-state index is 12.3. The van der Waals surface area contributed by atoms with E-state index in [4.69, 9.17) is 0 Å². The summed E-state index contributed by atoms with van der Waals surface area (Å²) in [7, 11) is -0.493. The molecule has 0 radical (unpaired) electrons. The lowest BCUT2D eigenvalue weighted by Crippen LogP contribution is -2.22. The molecule has 0 fully saturated rings. The van der Waals surface area contributed by atoms with E-state index in [9.17, 15) is 8.42 Å². The Labute approximate surface area is 113 Å². The molecule has 0 saturated heterocycles. The second-order valence-corrected chi connectivity index (χ2v) is 7.24. The maximum Gasteiger partial charge on any atom is 0.262 e. The van der Waals surface area contributed by atoms with Crippen LogP contribution in [-0.4, -0.2) is 36.2 Å². The zero-order valence-corrected chi connectivity index (χ0v) is 12.7. The molecule has 0 aliphatic heterocycles. The zero-order valence-electron chi connectivity index (χ0n) is 11.9. The van der Waals surface area contributed by atoms with Crippen LogP contribution in [0.4, 0.5) is 0 Å². The Morgan fingerprint density at radius 3 is 2.47 bits per heavy atom. The molecule has 104 valence electrons. The van der Waals surface area contributed by atoms with Gasteiger partial charge in [-0.1, -0.05) is 13.8 Å². The molecule has 0 atom stereocenters. The van der Waals surface area contributed by atoms with E-state index in [-0.39, 0.29) is 10.9 Å². The highest BCUT2D eigenvalue weighted by molar-refractivity contribution is 7.89. The number of nitrogens with zero attached hydrogens (tertiary/aromatic N) is 3. The highest BCUT2D eigenvalue weighted by Gasteiger charge is 2.26. The standard InChI is InChI=1S/C13H19N3O2S/c1-9(2)12-14-13(19(17,18)15(4)5)11-8-10(3)6-7-16(11)12/h6-9H,1-5H3. The van der Waals surface area contributed by atoms with E-state index < -0.39 is 10.0 Å². The molecule has 0 spiro atoms. The Morgan fingerprint density at radius 2 is 1.95 bits per heavy atom. The molecule has 0 N–H and O–H groups in total. The summed E-state index contributed by atoms with van der Waals surface area (Å²) in [6, 6.07) is 3.81. The van der Waals surface area contributed by atoms with Crippen molar-refractivity contribution in [1.82, 2.24) is 13.7 Å². The Balaban J connectivity index is 2.86. The van der Waals surface area contributed by atoms with Gasteiger partial charge in [-0.2, -0.15) is 0 Å². The van der Waals surface area contributed by atoms with Crippen LogP contribution < -0.4 is 0 Å². The number of pyridine rings is 1. The first-order valence-corrected chi connectivity index (χ1v) is 7.60. The molecule has 2 aromatic heterocycles. The number of imidazole rings is 1. The van der Waals surface area contributed by atoms with Crippen molar-refractivity contribution in [3.8, 4) is 0 Å². The minimum absolute atomic E-state index is 0.130. The molecule has 2 heterocycles. The predicted molar refractivity (Wildman–Crippen MR) is 74.9 cm³/mol. The van der Waals surface area contributed by atoms with Gasteiger partial charge in [-0.05, 0) is 24.6 Å². The third kappa shape index (κ3) is 2.26. The van der Waals surface area contributed by atoms with Gasteiger partial charge in [-0.25, -0.2) is 17.7 Å². The van der Waals surface area contributed by atoms with Crippen LogP contribution in [0.2, 0.25) is 0 Å². The Bertz CT molecular complexity index is 715. The van der Waals surface area contributed by atoms with E-state index in [1.54, 1.807) is 0 Å². The average molecular weight is 281 g/mol. The molecular formula is C13H19N3O2S. The molecule has 6 heteroatoms. The first kappa shape index (κ1) is 14.0. The summed E-state index contributed by atoms with van der Waals surface area (Å²) in [4.78, 5) is 4.36. The summed E-state index contributed by atoms with van der Waals surface area (Å²) in [5.74, 6) is 0.914. The molecule has 0 aliphatic carbocycles. The van der Waals surface area contributed by atoms with E-state index in [1.165, 1.54) is 18.4 Å². The molecule has 0 aromatic carbocycles. The van der Waals surface area contributed by atoms with Gasteiger partial charge in [0.2, 0.25) is 0 Å². The number of hydrogen-bond donors (Lipinski definition) is 0. The Morgan fingerprint density at radius 1 is 1.32 bits per heavy atom. The SMILES string of the molecule is Cc1ccn2c(C(C)C)nc(S(=O)(=O)N(C)C)c2c1. The number of aromatic nitrogens is 2. The monoisotopic (exact) mass is 281 g/mol. The van der Waals surface area contributed by atoms with Crippen LogP contribution in [0.25, 0.3) is 5.52 Å². The van der Waals surface area contributed by atoms with Crippen molar-refractivity contribution in [3.05, 3.63) is 29.7 Å². The molecule has 0 amide bonds. The first-order valence-electron chi connectivity index (χ1n) is 6.16. The minimum atomic E-state index is -3.53. The van der Waals surface area contributed by atoms with Crippen LogP contribution in [-0.2, 0) is 10.0 Å². The summed E-state index contributed by atoms with van der Waals surface area (Å²) in [6.45, 7) is 5.94. The largest absolute Gasteiger partial charge is 0.302 e. The number of rotatable bonds is 3. The maximum atomic E-state index is 12.3. The summed E-state index contributed by atoms with van der Waals surface area (Å²) in [5, 5.41) is 0.130. The molecule has 0 unspecified atom stereocenters. The van der Waals surface area contributed by atoms with Crippen molar-refractivity contribution in [3.63, 3.8) is 0 Å². The van der Waals surface area contributed by atoms with E-state index in [2.05, 4.69) is 4.98 Å². The normalized spacial score (nSPS) is 12.8. The van der Waals surface area contributed by atoms with Crippen LogP contribution in [0.3, 0.4) is 0 Å². The van der Waals surface area contributed by atoms with E-state index in [0.29, 0.717) is 5.52 Å². The predicted octanol–water partition coefficient (Wildman–Crippen LogP) is 2.02. The molecular weight excluding hydrogens is 262 g/mol. The number of sulfonamides is 1. The van der Waals surface area contributed by atoms with Gasteiger partial charge >= 0.3 is 0 Å². The molecule has 0 bridgehead atoms. The van der Waals surface area contributed by atoms with Crippen molar-refractivity contribution >= 4 is 15.5 Å². The van der Waals surface area contributed by atoms with Crippen LogP contribution in [0.1, 0.15) is 31.2 Å². The van der Waals surface area contributed by atoms with Crippen LogP contribution in [0.15, 0.2) is 23.4 Å². The van der Waals surface area contributed by atoms with Gasteiger partial charge in [0.15, 0.2) is 5.03 Å². The fourth-order valence-electron chi connectivity index (χ4n) is 1.96. The lowest BCUT2D eigenvalue weighted by atomic mass is 10.2. The lowest BCUT2D eigenvalue weighted by molar-refractivity contribution is 0.518. The second-order valence-electron chi connectivity index (χ2n) is 5.18. The highest BCUT2D eigenvalue weighted by atomic mass is 32.2. The van der Waals surface area contributed by atoms with Gasteiger partial charge < -0.3 is 4.40 Å². The Kier molecular flexibility index (Phi) is 3.40. The summed E-state index contributed by atoms with van der Waals surface area (Å²) >= 11 is 0. The third-order valence-electron chi connectivity index (χ3n) is 3.03. The quantitative estimate of drug-likeness (QED) is 0.865. The summed E-state index contributed by atoms with van der Waals surface area (Å²) in [5.41, 5.74) is 1.65. The molecule has 5 nitrogen and oxygen atoms in total. The number of fused-ring (bicyclic) bond motifs is 1. The van der Waals surface area contributed by atoms with Crippen molar-refractivity contribution < 1.29 is 8.42 Å². The van der Waals surface area contributed by atoms with Crippen molar-refractivity contribution in [1.29, 1.82) is 0 Å². The summed E-state index contributed by atoms with van der Waals surface area (Å²) < 4.78 is 27.7. The van der Waals surface area contributed by atoms with E-state index >= 15 is 0 Å². The molecule has 0 saturated carbocycles. The lowest BCUT2D eigenvalue weighted by Gasteiger charge is -2.09. The fraction of sp³-hybridized carbons (Fsp3) is 0.462. The van der Waals surface area contributed by atoms with E-state index in [1.807, 2.05) is 43.5 Å². The fourth-order valence-corrected chi connectivity index (χ4v) is 2.93. The average Bonchev–Trinajstić information content (AvgIpc) is 2.67. The van der Waals surface area contributed by atoms with Gasteiger partial charge in [-0.15, -0.1) is 0 Å². The zero-order chi connectivity index (χ0) is 14.4. The van der Waals surface area contributed by atoms with Gasteiger partial charge in [0.25, 0.3) is 10.0 Å². The first-order chi connectivity index (χ1) is 8.75. The van der Waals surface area contributed by atoms with Crippen LogP contribution in [0, 0.1) is 6.92 Å². The number of aryl methyl sites for hydroxylation is 1. The van der Waals surface area contributed by atoms with Crippen molar-refractivity contribution in [2.75, 3.05) is 14.1 Å². The molecule has 2 aromatic rings. The molecule has 0 aliphatic rings. The molecule has 2 rings (SSSR count). The third-order valence-corrected chi connectivity index (χ3v) is 4.78. The van der Waals surface area contributed by atoms with Crippen LogP contribution >= 0.6 is 0 Å². The Hall–Kier alpha value is -1.40. The van der Waals surface area contributed by atoms with Gasteiger partial charge in [0, 0.05) is 26.2 Å². The number of hydrogen-bond acceptors (Lipinski definition) is 3. The van der Waals surface area contributed by atoms with Gasteiger partial charge in [-0.3, -0.25) is 0 Å². The highest BCUT2D eigenvalue weighted by Crippen LogP contribution is 2.25. The van der Waals surface area contributed by atoms with Gasteiger partial charge in [0.05, 0.1) is 5.52 Å². The van der Waals surface area contributed by atoms with Gasteiger partial charge in [0.1, 0.15) is 5.82 Å². The second kappa shape index (κ2) is 4.61. The van der Waals surface area contributed by atoms with Crippen LogP contribution in [0.5, 0.6) is 0 Å². The van der Waals surface area contributed by atoms with Crippen molar-refractivity contribution in [2.45, 2.75) is 31.7 Å². The van der Waals surface area contributed by atoms with E-state index in [0.717, 1.165) is 11.4 Å². The van der Waals surface area contributed by atoms with Crippen molar-refractivity contribution in [2.24, 2.45) is 0 Å². The topological polar surface area (TPSA) is 54.7 Å². The smallest absolute Gasteiger partial charge is 0.262 e. The summed E-state index contributed by atoms with van der Waals surface area (Å²) in [6.07, 6.45) is 1.88.